The van der Waals surface area contributed by atoms with Gasteiger partial charge in [-0.3, -0.25) is 9.59 Å². The van der Waals surface area contributed by atoms with E-state index in [9.17, 15) is 9.59 Å². The number of carbonyl (C=O) groups excluding carboxylic acids is 2. The molecule has 1 aliphatic rings. The van der Waals surface area contributed by atoms with E-state index < -0.39 is 0 Å². The lowest BCUT2D eigenvalue weighted by molar-refractivity contribution is -0.119. The smallest absolute Gasteiger partial charge is 0.230 e. The van der Waals surface area contributed by atoms with Crippen molar-refractivity contribution in [1.29, 1.82) is 0 Å². The van der Waals surface area contributed by atoms with Gasteiger partial charge in [0.05, 0.1) is 6.42 Å². The standard InChI is InChI=1S/C24H23N3O2S/c1-15-20(25-23(29)17-12-13-17)10-5-11-21(15)26-24(30)27-22(28)14-18-8-4-7-16-6-2-3-9-19(16)18/h2-11,17H,12-14H2,1H3,(H,25,29)(H2,26,27,28,30). The van der Waals surface area contributed by atoms with Gasteiger partial charge in [-0.15, -0.1) is 0 Å². The highest BCUT2D eigenvalue weighted by Gasteiger charge is 2.29. The fourth-order valence-corrected chi connectivity index (χ4v) is 3.65. The molecule has 0 saturated heterocycles. The molecule has 1 fully saturated rings. The topological polar surface area (TPSA) is 70.2 Å². The molecule has 0 unspecified atom stereocenters. The lowest BCUT2D eigenvalue weighted by Crippen LogP contribution is -2.35. The number of anilines is 2. The molecule has 0 bridgehead atoms. The highest BCUT2D eigenvalue weighted by Crippen LogP contribution is 2.31. The number of hydrogen-bond donors (Lipinski definition) is 3. The molecular weight excluding hydrogens is 394 g/mol. The van der Waals surface area contributed by atoms with Crippen molar-refractivity contribution in [3.8, 4) is 0 Å². The van der Waals surface area contributed by atoms with Gasteiger partial charge in [0, 0.05) is 17.3 Å². The van der Waals surface area contributed by atoms with Gasteiger partial charge in [0.15, 0.2) is 5.11 Å². The van der Waals surface area contributed by atoms with Crippen molar-refractivity contribution in [2.75, 3.05) is 10.6 Å². The molecule has 1 saturated carbocycles. The molecule has 2 amide bonds. The van der Waals surface area contributed by atoms with Crippen LogP contribution in [0.15, 0.2) is 60.7 Å². The normalized spacial score (nSPS) is 13.0. The van der Waals surface area contributed by atoms with Crippen molar-refractivity contribution in [3.05, 3.63) is 71.8 Å². The van der Waals surface area contributed by atoms with E-state index in [-0.39, 0.29) is 29.3 Å². The molecule has 152 valence electrons. The number of benzene rings is 3. The summed E-state index contributed by atoms with van der Waals surface area (Å²) < 4.78 is 0. The Hall–Kier alpha value is -3.25. The molecule has 0 radical (unpaired) electrons. The Morgan fingerprint density at radius 1 is 0.933 bits per heavy atom. The lowest BCUT2D eigenvalue weighted by Gasteiger charge is -2.15. The fraction of sp³-hybridized carbons (Fsp3) is 0.208. The molecule has 3 aromatic carbocycles. The van der Waals surface area contributed by atoms with Gasteiger partial charge in [-0.1, -0.05) is 48.5 Å². The van der Waals surface area contributed by atoms with Crippen LogP contribution in [-0.2, 0) is 16.0 Å². The minimum absolute atomic E-state index is 0.0567. The van der Waals surface area contributed by atoms with Gasteiger partial charge in [-0.05, 0) is 66.0 Å². The first kappa shape index (κ1) is 20.0. The quantitative estimate of drug-likeness (QED) is 0.533. The van der Waals surface area contributed by atoms with Crippen molar-refractivity contribution < 1.29 is 9.59 Å². The van der Waals surface area contributed by atoms with Crippen LogP contribution in [0.2, 0.25) is 0 Å². The minimum Gasteiger partial charge on any atom is -0.332 e. The van der Waals surface area contributed by atoms with Crippen LogP contribution in [0.25, 0.3) is 10.8 Å². The van der Waals surface area contributed by atoms with Gasteiger partial charge in [-0.2, -0.15) is 0 Å². The van der Waals surface area contributed by atoms with Crippen molar-refractivity contribution in [1.82, 2.24) is 5.32 Å². The zero-order valence-electron chi connectivity index (χ0n) is 16.7. The molecule has 1 aliphatic carbocycles. The summed E-state index contributed by atoms with van der Waals surface area (Å²) >= 11 is 5.34. The van der Waals surface area contributed by atoms with Crippen molar-refractivity contribution in [3.63, 3.8) is 0 Å². The second-order valence-corrected chi connectivity index (χ2v) is 7.97. The minimum atomic E-state index is -0.181. The Morgan fingerprint density at radius 3 is 2.37 bits per heavy atom. The summed E-state index contributed by atoms with van der Waals surface area (Å²) in [5.74, 6) is 0.0105. The predicted octanol–water partition coefficient (Wildman–Crippen LogP) is 4.55. The lowest BCUT2D eigenvalue weighted by atomic mass is 10.0. The SMILES string of the molecule is Cc1c(NC(=O)C2CC2)cccc1NC(=S)NC(=O)Cc1cccc2ccccc12. The molecule has 5 nitrogen and oxygen atoms in total. The first-order chi connectivity index (χ1) is 14.5. The summed E-state index contributed by atoms with van der Waals surface area (Å²) in [5, 5.41) is 11.2. The maximum atomic E-state index is 12.5. The highest BCUT2D eigenvalue weighted by molar-refractivity contribution is 7.80. The molecular formula is C24H23N3O2S. The van der Waals surface area contributed by atoms with Crippen LogP contribution in [0.5, 0.6) is 0 Å². The van der Waals surface area contributed by atoms with Gasteiger partial charge >= 0.3 is 0 Å². The summed E-state index contributed by atoms with van der Waals surface area (Å²) in [4.78, 5) is 24.6. The maximum Gasteiger partial charge on any atom is 0.230 e. The summed E-state index contributed by atoms with van der Waals surface area (Å²) in [6.07, 6.45) is 2.14. The molecule has 0 aliphatic heterocycles. The highest BCUT2D eigenvalue weighted by atomic mass is 32.1. The molecule has 0 spiro atoms. The van der Waals surface area contributed by atoms with E-state index >= 15 is 0 Å². The molecule has 30 heavy (non-hydrogen) atoms. The third kappa shape index (κ3) is 4.66. The summed E-state index contributed by atoms with van der Waals surface area (Å²) in [5.41, 5.74) is 3.33. The fourth-order valence-electron chi connectivity index (χ4n) is 3.43. The second-order valence-electron chi connectivity index (χ2n) is 7.56. The Morgan fingerprint density at radius 2 is 1.60 bits per heavy atom. The zero-order valence-corrected chi connectivity index (χ0v) is 17.5. The van der Waals surface area contributed by atoms with Gasteiger partial charge in [0.25, 0.3) is 0 Å². The van der Waals surface area contributed by atoms with E-state index in [2.05, 4.69) is 16.0 Å². The Balaban J connectivity index is 1.39. The largest absolute Gasteiger partial charge is 0.332 e. The number of carbonyl (C=O) groups is 2. The van der Waals surface area contributed by atoms with E-state index in [4.69, 9.17) is 12.2 Å². The van der Waals surface area contributed by atoms with Gasteiger partial charge in [-0.25, -0.2) is 0 Å². The van der Waals surface area contributed by atoms with Gasteiger partial charge in [0.1, 0.15) is 0 Å². The molecule has 0 heterocycles. The van der Waals surface area contributed by atoms with E-state index in [1.807, 2.05) is 67.6 Å². The molecule has 3 N–H and O–H groups in total. The number of nitrogens with one attached hydrogen (secondary N) is 3. The van der Waals surface area contributed by atoms with E-state index in [1.54, 1.807) is 0 Å². The number of fused-ring (bicyclic) bond motifs is 1. The number of rotatable bonds is 5. The average molecular weight is 418 g/mol. The number of thiocarbonyl (C=S) groups is 1. The van der Waals surface area contributed by atoms with Gasteiger partial charge in [0.2, 0.25) is 11.8 Å². The third-order valence-corrected chi connectivity index (χ3v) is 5.48. The van der Waals surface area contributed by atoms with E-state index in [0.29, 0.717) is 0 Å². The average Bonchev–Trinajstić information content (AvgIpc) is 3.56. The number of hydrogen-bond acceptors (Lipinski definition) is 3. The molecule has 6 heteroatoms. The van der Waals surface area contributed by atoms with Crippen molar-refractivity contribution in [2.45, 2.75) is 26.2 Å². The zero-order chi connectivity index (χ0) is 21.1. The first-order valence-corrected chi connectivity index (χ1v) is 10.4. The maximum absolute atomic E-state index is 12.5. The van der Waals surface area contributed by atoms with Gasteiger partial charge < -0.3 is 16.0 Å². The number of amides is 2. The van der Waals surface area contributed by atoms with Crippen LogP contribution >= 0.6 is 12.2 Å². The summed E-state index contributed by atoms with van der Waals surface area (Å²) in [7, 11) is 0. The predicted molar refractivity (Wildman–Crippen MR) is 125 cm³/mol. The Kier molecular flexibility index (Phi) is 5.77. The van der Waals surface area contributed by atoms with Crippen LogP contribution in [0.1, 0.15) is 24.0 Å². The Labute approximate surface area is 180 Å². The van der Waals surface area contributed by atoms with Crippen LogP contribution < -0.4 is 16.0 Å². The first-order valence-electron chi connectivity index (χ1n) is 9.99. The van der Waals surface area contributed by atoms with Crippen molar-refractivity contribution >= 4 is 51.3 Å². The monoisotopic (exact) mass is 417 g/mol. The van der Waals surface area contributed by atoms with E-state index in [1.165, 1.54) is 0 Å². The molecule has 0 atom stereocenters. The van der Waals surface area contributed by atoms with E-state index in [0.717, 1.165) is 46.1 Å². The Bertz CT molecular complexity index is 1130. The van der Waals surface area contributed by atoms with Crippen molar-refractivity contribution in [2.24, 2.45) is 5.92 Å². The van der Waals surface area contributed by atoms with Crippen LogP contribution in [-0.4, -0.2) is 16.9 Å². The van der Waals surface area contributed by atoms with Crippen LogP contribution in [0, 0.1) is 12.8 Å². The van der Waals surface area contributed by atoms with Crippen LogP contribution in [0.4, 0.5) is 11.4 Å². The summed E-state index contributed by atoms with van der Waals surface area (Å²) in [6.45, 7) is 1.91. The van der Waals surface area contributed by atoms with Crippen LogP contribution in [0.3, 0.4) is 0 Å². The summed E-state index contributed by atoms with van der Waals surface area (Å²) in [6, 6.07) is 19.5. The second kappa shape index (κ2) is 8.63. The molecule has 3 aromatic rings. The third-order valence-electron chi connectivity index (χ3n) is 5.27. The molecule has 0 aromatic heterocycles. The molecule has 4 rings (SSSR count).